The van der Waals surface area contributed by atoms with Gasteiger partial charge in [-0.3, -0.25) is 4.79 Å². The van der Waals surface area contributed by atoms with Crippen LogP contribution in [0.25, 0.3) is 0 Å². The first kappa shape index (κ1) is 15.6. The van der Waals surface area contributed by atoms with Crippen LogP contribution in [0, 0.1) is 4.91 Å². The van der Waals surface area contributed by atoms with Crippen molar-refractivity contribution in [3.05, 3.63) is 40.3 Å². The fourth-order valence-corrected chi connectivity index (χ4v) is 1.97. The summed E-state index contributed by atoms with van der Waals surface area (Å²) in [6.07, 6.45) is -4.21. The number of halogens is 4. The van der Waals surface area contributed by atoms with Crippen molar-refractivity contribution >= 4 is 17.5 Å². The van der Waals surface area contributed by atoms with E-state index in [0.29, 0.717) is 6.42 Å². The Balaban J connectivity index is 3.22. The number of rotatable bonds is 5. The Morgan fingerprint density at radius 1 is 1.32 bits per heavy atom. The molecule has 0 saturated heterocycles. The molecule has 104 valence electrons. The second-order valence-corrected chi connectivity index (χ2v) is 4.28. The largest absolute Gasteiger partial charge is 0.416 e. The first-order chi connectivity index (χ1) is 8.91. The Kier molecular flexibility index (Phi) is 5.47. The highest BCUT2D eigenvalue weighted by Gasteiger charge is 2.36. The van der Waals surface area contributed by atoms with Crippen LogP contribution in [0.5, 0.6) is 0 Å². The van der Waals surface area contributed by atoms with Crippen LogP contribution in [-0.2, 0) is 11.0 Å². The summed E-state index contributed by atoms with van der Waals surface area (Å²) in [5, 5.41) is 2.24. The Labute approximate surface area is 112 Å². The third-order valence-electron chi connectivity index (χ3n) is 2.66. The summed E-state index contributed by atoms with van der Waals surface area (Å²) < 4.78 is 38.6. The number of hydrogen-bond acceptors (Lipinski definition) is 2. The molecule has 0 aliphatic heterocycles. The number of carbonyl (C=O) groups is 1. The highest BCUT2D eigenvalue weighted by Crippen LogP contribution is 2.37. The molecule has 1 aromatic rings. The molecule has 0 aliphatic rings. The van der Waals surface area contributed by atoms with Crippen molar-refractivity contribution in [2.75, 3.05) is 5.88 Å². The van der Waals surface area contributed by atoms with Gasteiger partial charge in [-0.15, -0.1) is 16.5 Å². The number of alkyl halides is 4. The molecule has 0 spiro atoms. The maximum absolute atomic E-state index is 12.9. The van der Waals surface area contributed by atoms with Gasteiger partial charge in [0.05, 0.1) is 11.5 Å². The molecule has 0 aromatic heterocycles. The second-order valence-electron chi connectivity index (χ2n) is 3.90. The SMILES string of the molecule is O=NC(=O)C(CCCCl)c1ccccc1C(F)(F)F. The Morgan fingerprint density at radius 3 is 2.47 bits per heavy atom. The molecule has 0 aliphatic carbocycles. The molecule has 0 N–H and O–H groups in total. The van der Waals surface area contributed by atoms with Crippen LogP contribution < -0.4 is 0 Å². The van der Waals surface area contributed by atoms with Gasteiger partial charge in [-0.1, -0.05) is 18.2 Å². The monoisotopic (exact) mass is 293 g/mol. The van der Waals surface area contributed by atoms with Crippen LogP contribution in [-0.4, -0.2) is 11.8 Å². The summed E-state index contributed by atoms with van der Waals surface area (Å²) in [5.74, 6) is -2.12. The van der Waals surface area contributed by atoms with Gasteiger partial charge >= 0.3 is 6.18 Å². The van der Waals surface area contributed by atoms with Crippen LogP contribution in [0.1, 0.15) is 29.9 Å². The van der Waals surface area contributed by atoms with E-state index in [1.54, 1.807) is 0 Å². The number of nitrogens with zero attached hydrogens (tertiary/aromatic N) is 1. The molecule has 0 radical (unpaired) electrons. The zero-order chi connectivity index (χ0) is 14.5. The van der Waals surface area contributed by atoms with Gasteiger partial charge in [-0.2, -0.15) is 13.2 Å². The van der Waals surface area contributed by atoms with Gasteiger partial charge in [-0.05, 0) is 24.5 Å². The summed E-state index contributed by atoms with van der Waals surface area (Å²) in [6, 6.07) is 4.67. The smallest absolute Gasteiger partial charge is 0.268 e. The molecule has 1 rings (SSSR count). The zero-order valence-corrected chi connectivity index (χ0v) is 10.5. The van der Waals surface area contributed by atoms with Crippen molar-refractivity contribution in [3.8, 4) is 0 Å². The second kappa shape index (κ2) is 6.65. The van der Waals surface area contributed by atoms with Crippen LogP contribution in [0.15, 0.2) is 29.4 Å². The molecule has 1 amide bonds. The van der Waals surface area contributed by atoms with Gasteiger partial charge in [0.15, 0.2) is 0 Å². The molecule has 0 heterocycles. The van der Waals surface area contributed by atoms with Crippen LogP contribution in [0.2, 0.25) is 0 Å². The predicted molar refractivity (Wildman–Crippen MR) is 64.9 cm³/mol. The maximum Gasteiger partial charge on any atom is 0.416 e. The van der Waals surface area contributed by atoms with Gasteiger partial charge in [0.25, 0.3) is 5.91 Å². The fourth-order valence-electron chi connectivity index (χ4n) is 1.82. The minimum Gasteiger partial charge on any atom is -0.268 e. The highest BCUT2D eigenvalue weighted by atomic mass is 35.5. The molecule has 1 atom stereocenters. The molecular weight excluding hydrogens is 283 g/mol. The standard InChI is InChI=1S/C12H11ClF3NO2/c13-7-3-5-9(11(18)17-19)8-4-1-2-6-10(8)12(14,15)16/h1-2,4,6,9H,3,5,7H2. The molecule has 0 saturated carbocycles. The topological polar surface area (TPSA) is 46.5 Å². The van der Waals surface area contributed by atoms with Crippen molar-refractivity contribution in [1.29, 1.82) is 0 Å². The lowest BCUT2D eigenvalue weighted by molar-refractivity contribution is -0.138. The average molecular weight is 294 g/mol. The molecular formula is C12H11ClF3NO2. The van der Waals surface area contributed by atoms with Crippen molar-refractivity contribution in [1.82, 2.24) is 0 Å². The number of hydrogen-bond donors (Lipinski definition) is 0. The Bertz CT molecular complexity index is 463. The van der Waals surface area contributed by atoms with Crippen molar-refractivity contribution in [2.45, 2.75) is 24.9 Å². The zero-order valence-electron chi connectivity index (χ0n) is 9.78. The maximum atomic E-state index is 12.9. The Morgan fingerprint density at radius 2 is 1.95 bits per heavy atom. The van der Waals surface area contributed by atoms with Gasteiger partial charge in [-0.25, -0.2) is 0 Å². The van der Waals surface area contributed by atoms with E-state index in [9.17, 15) is 22.9 Å². The lowest BCUT2D eigenvalue weighted by Crippen LogP contribution is -2.17. The van der Waals surface area contributed by atoms with Gasteiger partial charge < -0.3 is 0 Å². The van der Waals surface area contributed by atoms with Crippen molar-refractivity contribution in [3.63, 3.8) is 0 Å². The highest BCUT2D eigenvalue weighted by molar-refractivity contribution is 6.17. The predicted octanol–water partition coefficient (Wildman–Crippen LogP) is 4.10. The number of amides is 1. The van der Waals surface area contributed by atoms with Gasteiger partial charge in [0.1, 0.15) is 0 Å². The van der Waals surface area contributed by atoms with Gasteiger partial charge in [0.2, 0.25) is 0 Å². The van der Waals surface area contributed by atoms with E-state index in [0.717, 1.165) is 6.07 Å². The summed E-state index contributed by atoms with van der Waals surface area (Å²) in [5.41, 5.74) is -1.16. The fraction of sp³-hybridized carbons (Fsp3) is 0.417. The van der Waals surface area contributed by atoms with E-state index >= 15 is 0 Å². The minimum absolute atomic E-state index is 0.0567. The first-order valence-corrected chi connectivity index (χ1v) is 6.04. The molecule has 0 bridgehead atoms. The van der Waals surface area contributed by atoms with Crippen LogP contribution >= 0.6 is 11.6 Å². The van der Waals surface area contributed by atoms with Crippen LogP contribution in [0.3, 0.4) is 0 Å². The van der Waals surface area contributed by atoms with Gasteiger partial charge in [0, 0.05) is 11.1 Å². The third kappa shape index (κ3) is 4.02. The first-order valence-electron chi connectivity index (χ1n) is 5.51. The molecule has 1 unspecified atom stereocenters. The molecule has 0 fully saturated rings. The van der Waals surface area contributed by atoms with E-state index < -0.39 is 23.6 Å². The van der Waals surface area contributed by atoms with E-state index in [1.807, 2.05) is 0 Å². The van der Waals surface area contributed by atoms with E-state index in [-0.39, 0.29) is 17.9 Å². The number of carbonyl (C=O) groups excluding carboxylic acids is 1. The minimum atomic E-state index is -4.58. The normalized spacial score (nSPS) is 13.1. The summed E-state index contributed by atoms with van der Waals surface area (Å²) in [4.78, 5) is 21.7. The average Bonchev–Trinajstić information content (AvgIpc) is 2.38. The molecule has 19 heavy (non-hydrogen) atoms. The van der Waals surface area contributed by atoms with Crippen molar-refractivity contribution in [2.24, 2.45) is 5.18 Å². The van der Waals surface area contributed by atoms with E-state index in [1.165, 1.54) is 18.2 Å². The van der Waals surface area contributed by atoms with E-state index in [4.69, 9.17) is 11.6 Å². The number of benzene rings is 1. The molecule has 1 aromatic carbocycles. The summed E-state index contributed by atoms with van der Waals surface area (Å²) in [6.45, 7) is 0. The Hall–Kier alpha value is -1.43. The quantitative estimate of drug-likeness (QED) is 0.606. The lowest BCUT2D eigenvalue weighted by Gasteiger charge is -2.18. The van der Waals surface area contributed by atoms with E-state index in [2.05, 4.69) is 5.18 Å². The van der Waals surface area contributed by atoms with Crippen molar-refractivity contribution < 1.29 is 18.0 Å². The number of nitroso groups, excluding NO2 is 1. The molecule has 3 nitrogen and oxygen atoms in total. The third-order valence-corrected chi connectivity index (χ3v) is 2.92. The molecule has 7 heteroatoms. The summed E-state index contributed by atoms with van der Waals surface area (Å²) in [7, 11) is 0. The summed E-state index contributed by atoms with van der Waals surface area (Å²) >= 11 is 5.47. The lowest BCUT2D eigenvalue weighted by atomic mass is 9.90. The van der Waals surface area contributed by atoms with Crippen LogP contribution in [0.4, 0.5) is 13.2 Å².